The maximum Gasteiger partial charge on any atom is 0.143 e. The van der Waals surface area contributed by atoms with Crippen LogP contribution >= 0.6 is 15.9 Å². The van der Waals surface area contributed by atoms with Crippen molar-refractivity contribution in [3.05, 3.63) is 58.0 Å². The summed E-state index contributed by atoms with van der Waals surface area (Å²) < 4.78 is 33.2. The fraction of sp³-hybridized carbons (Fsp3) is 0.333. The SMILES string of the molecule is CNC(CCc1ccco1)Cc1c(F)ccc(Br)c1F. The van der Waals surface area contributed by atoms with Crippen LogP contribution in [0.25, 0.3) is 0 Å². The van der Waals surface area contributed by atoms with Crippen molar-refractivity contribution in [2.45, 2.75) is 25.3 Å². The Hall–Kier alpha value is -1.20. The summed E-state index contributed by atoms with van der Waals surface area (Å²) in [6, 6.07) is 6.37. The zero-order chi connectivity index (χ0) is 14.5. The zero-order valence-corrected chi connectivity index (χ0v) is 12.7. The molecule has 0 fully saturated rings. The Balaban J connectivity index is 2.04. The minimum Gasteiger partial charge on any atom is -0.469 e. The quantitative estimate of drug-likeness (QED) is 0.799. The van der Waals surface area contributed by atoms with Gasteiger partial charge in [-0.1, -0.05) is 0 Å². The van der Waals surface area contributed by atoms with Crippen LogP contribution in [0.2, 0.25) is 0 Å². The van der Waals surface area contributed by atoms with Gasteiger partial charge in [0.15, 0.2) is 0 Å². The normalized spacial score (nSPS) is 12.6. The number of nitrogens with one attached hydrogen (secondary N) is 1. The van der Waals surface area contributed by atoms with Crippen LogP contribution in [0, 0.1) is 11.6 Å². The lowest BCUT2D eigenvalue weighted by Gasteiger charge is -2.17. The van der Waals surface area contributed by atoms with E-state index in [0.717, 1.165) is 18.6 Å². The Morgan fingerprint density at radius 2 is 2.10 bits per heavy atom. The topological polar surface area (TPSA) is 25.2 Å². The summed E-state index contributed by atoms with van der Waals surface area (Å²) in [7, 11) is 1.79. The predicted molar refractivity (Wildman–Crippen MR) is 77.6 cm³/mol. The van der Waals surface area contributed by atoms with Crippen LogP contribution in [0.4, 0.5) is 8.78 Å². The van der Waals surface area contributed by atoms with E-state index in [4.69, 9.17) is 4.42 Å². The van der Waals surface area contributed by atoms with Crippen molar-refractivity contribution < 1.29 is 13.2 Å². The first-order valence-electron chi connectivity index (χ1n) is 6.44. The average Bonchev–Trinajstić information content (AvgIpc) is 2.96. The van der Waals surface area contributed by atoms with Crippen molar-refractivity contribution in [2.75, 3.05) is 7.05 Å². The van der Waals surface area contributed by atoms with E-state index < -0.39 is 11.6 Å². The van der Waals surface area contributed by atoms with E-state index in [1.807, 2.05) is 12.1 Å². The number of halogens is 3. The molecule has 0 aliphatic carbocycles. The molecule has 1 aromatic heterocycles. The highest BCUT2D eigenvalue weighted by molar-refractivity contribution is 9.10. The maximum atomic E-state index is 13.9. The van der Waals surface area contributed by atoms with Crippen LogP contribution in [-0.2, 0) is 12.8 Å². The van der Waals surface area contributed by atoms with E-state index in [0.29, 0.717) is 6.42 Å². The van der Waals surface area contributed by atoms with Gasteiger partial charge >= 0.3 is 0 Å². The van der Waals surface area contributed by atoms with Gasteiger partial charge in [-0.15, -0.1) is 0 Å². The maximum absolute atomic E-state index is 13.9. The lowest BCUT2D eigenvalue weighted by Crippen LogP contribution is -2.29. The third-order valence-corrected chi connectivity index (χ3v) is 3.93. The number of benzene rings is 1. The Morgan fingerprint density at radius 1 is 1.30 bits per heavy atom. The van der Waals surface area contributed by atoms with Gasteiger partial charge in [0.2, 0.25) is 0 Å². The van der Waals surface area contributed by atoms with Gasteiger partial charge in [0, 0.05) is 18.0 Å². The smallest absolute Gasteiger partial charge is 0.143 e. The molecular weight excluding hydrogens is 328 g/mol. The molecule has 5 heteroatoms. The molecule has 1 unspecified atom stereocenters. The molecule has 0 spiro atoms. The molecule has 0 radical (unpaired) electrons. The summed E-state index contributed by atoms with van der Waals surface area (Å²) >= 11 is 3.09. The van der Waals surface area contributed by atoms with E-state index >= 15 is 0 Å². The Morgan fingerprint density at radius 3 is 2.75 bits per heavy atom. The molecule has 0 saturated carbocycles. The van der Waals surface area contributed by atoms with Crippen molar-refractivity contribution >= 4 is 15.9 Å². The van der Waals surface area contributed by atoms with Gasteiger partial charge in [-0.25, -0.2) is 8.78 Å². The van der Waals surface area contributed by atoms with Crippen molar-refractivity contribution in [1.82, 2.24) is 5.32 Å². The van der Waals surface area contributed by atoms with E-state index in [1.165, 1.54) is 12.1 Å². The Kier molecular flexibility index (Phi) is 5.31. The zero-order valence-electron chi connectivity index (χ0n) is 11.1. The van der Waals surface area contributed by atoms with E-state index in [2.05, 4.69) is 21.2 Å². The van der Waals surface area contributed by atoms with Crippen molar-refractivity contribution in [2.24, 2.45) is 0 Å². The highest BCUT2D eigenvalue weighted by atomic mass is 79.9. The molecule has 0 amide bonds. The van der Waals surface area contributed by atoms with Gasteiger partial charge in [-0.05, 0) is 60.1 Å². The third-order valence-electron chi connectivity index (χ3n) is 3.32. The van der Waals surface area contributed by atoms with Crippen LogP contribution in [0.15, 0.2) is 39.4 Å². The van der Waals surface area contributed by atoms with Crippen molar-refractivity contribution in [1.29, 1.82) is 0 Å². The number of rotatable bonds is 6. The van der Waals surface area contributed by atoms with E-state index in [1.54, 1.807) is 13.3 Å². The van der Waals surface area contributed by atoms with Crippen LogP contribution in [0.5, 0.6) is 0 Å². The molecule has 0 saturated heterocycles. The minimum atomic E-state index is -0.525. The molecular formula is C15H16BrF2NO. The molecule has 2 aromatic rings. The lowest BCUT2D eigenvalue weighted by molar-refractivity contribution is 0.448. The number of hydrogen-bond acceptors (Lipinski definition) is 2. The molecule has 0 bridgehead atoms. The molecule has 1 aromatic carbocycles. The van der Waals surface area contributed by atoms with E-state index in [9.17, 15) is 8.78 Å². The predicted octanol–water partition coefficient (Wildman–Crippen LogP) is 4.08. The second-order valence-electron chi connectivity index (χ2n) is 4.63. The molecule has 0 aliphatic rings. The van der Waals surface area contributed by atoms with Gasteiger partial charge in [-0.2, -0.15) is 0 Å². The molecule has 1 heterocycles. The molecule has 1 N–H and O–H groups in total. The largest absolute Gasteiger partial charge is 0.469 e. The van der Waals surface area contributed by atoms with E-state index in [-0.39, 0.29) is 16.1 Å². The minimum absolute atomic E-state index is 0.0154. The van der Waals surface area contributed by atoms with Gasteiger partial charge in [0.05, 0.1) is 10.7 Å². The highest BCUT2D eigenvalue weighted by Gasteiger charge is 2.17. The molecule has 2 nitrogen and oxygen atoms in total. The summed E-state index contributed by atoms with van der Waals surface area (Å²) in [6.45, 7) is 0. The monoisotopic (exact) mass is 343 g/mol. The summed E-state index contributed by atoms with van der Waals surface area (Å²) in [6.07, 6.45) is 3.40. The summed E-state index contributed by atoms with van der Waals surface area (Å²) in [4.78, 5) is 0. The standard InChI is InChI=1S/C15H16BrF2NO/c1-19-10(4-5-11-3-2-8-20-11)9-12-14(17)7-6-13(16)15(12)18/h2-3,6-8,10,19H,4-5,9H2,1H3. The van der Waals surface area contributed by atoms with Gasteiger partial charge in [-0.3, -0.25) is 0 Å². The molecule has 0 aliphatic heterocycles. The Labute approximate surface area is 125 Å². The molecule has 20 heavy (non-hydrogen) atoms. The van der Waals surface area contributed by atoms with Gasteiger partial charge in [0.1, 0.15) is 17.4 Å². The summed E-state index contributed by atoms with van der Waals surface area (Å²) in [5.41, 5.74) is 0.109. The molecule has 2 rings (SSSR count). The lowest BCUT2D eigenvalue weighted by atomic mass is 10.0. The first kappa shape index (κ1) is 15.2. The second kappa shape index (κ2) is 6.99. The van der Waals surface area contributed by atoms with Crippen molar-refractivity contribution in [3.8, 4) is 0 Å². The van der Waals surface area contributed by atoms with Crippen LogP contribution in [-0.4, -0.2) is 13.1 Å². The number of furan rings is 1. The molecule has 1 atom stereocenters. The van der Waals surface area contributed by atoms with Gasteiger partial charge in [0.25, 0.3) is 0 Å². The summed E-state index contributed by atoms with van der Waals surface area (Å²) in [5, 5.41) is 3.10. The third kappa shape index (κ3) is 3.67. The molecule has 108 valence electrons. The second-order valence-corrected chi connectivity index (χ2v) is 5.48. The number of likely N-dealkylation sites (N-methyl/N-ethyl adjacent to an activating group) is 1. The number of hydrogen-bond donors (Lipinski definition) is 1. The first-order valence-corrected chi connectivity index (χ1v) is 7.23. The van der Waals surface area contributed by atoms with Crippen molar-refractivity contribution in [3.63, 3.8) is 0 Å². The fourth-order valence-electron chi connectivity index (χ4n) is 2.12. The number of aryl methyl sites for hydroxylation is 1. The first-order chi connectivity index (χ1) is 9.61. The Bertz CT molecular complexity index is 557. The van der Waals surface area contributed by atoms with Crippen LogP contribution in [0.3, 0.4) is 0 Å². The highest BCUT2D eigenvalue weighted by Crippen LogP contribution is 2.23. The van der Waals surface area contributed by atoms with Crippen LogP contribution < -0.4 is 5.32 Å². The summed E-state index contributed by atoms with van der Waals surface area (Å²) in [5.74, 6) is -0.160. The van der Waals surface area contributed by atoms with Gasteiger partial charge < -0.3 is 9.73 Å². The average molecular weight is 344 g/mol. The van der Waals surface area contributed by atoms with Crippen LogP contribution in [0.1, 0.15) is 17.7 Å². The fourth-order valence-corrected chi connectivity index (χ4v) is 2.49.